The number of rotatable bonds is 2. The second-order valence-electron chi connectivity index (χ2n) is 4.82. The fraction of sp³-hybridized carbons (Fsp3) is 0.125. The van der Waals surface area contributed by atoms with Crippen molar-refractivity contribution in [2.75, 3.05) is 5.73 Å². The minimum atomic E-state index is -0.0638. The molecular formula is C16H15N3O. The van der Waals surface area contributed by atoms with Gasteiger partial charge < -0.3 is 10.3 Å². The van der Waals surface area contributed by atoms with Crippen LogP contribution in [-0.2, 0) is 6.54 Å². The molecule has 0 aliphatic carbocycles. The topological polar surface area (TPSA) is 60.9 Å². The summed E-state index contributed by atoms with van der Waals surface area (Å²) in [6, 6.07) is 15.3. The molecule has 2 N–H and O–H groups in total. The quantitative estimate of drug-likeness (QED) is 0.723. The Bertz CT molecular complexity index is 822. The minimum Gasteiger partial charge on any atom is -0.399 e. The van der Waals surface area contributed by atoms with Gasteiger partial charge in [-0.25, -0.2) is 4.98 Å². The summed E-state index contributed by atoms with van der Waals surface area (Å²) in [5.74, 6) is 0. The molecule has 4 heteroatoms. The van der Waals surface area contributed by atoms with E-state index in [4.69, 9.17) is 5.73 Å². The summed E-state index contributed by atoms with van der Waals surface area (Å²) in [4.78, 5) is 16.7. The summed E-state index contributed by atoms with van der Waals surface area (Å²) in [6.45, 7) is 2.26. The zero-order valence-corrected chi connectivity index (χ0v) is 11.2. The molecule has 0 radical (unpaired) electrons. The molecule has 3 rings (SSSR count). The van der Waals surface area contributed by atoms with E-state index in [1.807, 2.05) is 36.4 Å². The van der Waals surface area contributed by atoms with E-state index in [1.165, 1.54) is 0 Å². The van der Waals surface area contributed by atoms with Gasteiger partial charge >= 0.3 is 0 Å². The third-order valence-corrected chi connectivity index (χ3v) is 3.32. The molecule has 4 nitrogen and oxygen atoms in total. The van der Waals surface area contributed by atoms with Gasteiger partial charge in [-0.15, -0.1) is 0 Å². The van der Waals surface area contributed by atoms with Crippen LogP contribution in [0.2, 0.25) is 0 Å². The molecule has 20 heavy (non-hydrogen) atoms. The van der Waals surface area contributed by atoms with E-state index in [0.717, 1.165) is 16.6 Å². The van der Waals surface area contributed by atoms with Crippen molar-refractivity contribution in [1.29, 1.82) is 0 Å². The molecule has 0 amide bonds. The SMILES string of the molecule is Cc1nc2cc(N)ccc2n(Cc2ccccc2)c1=O. The molecular weight excluding hydrogens is 250 g/mol. The Kier molecular flexibility index (Phi) is 2.99. The van der Waals surface area contributed by atoms with Crippen molar-refractivity contribution in [1.82, 2.24) is 9.55 Å². The van der Waals surface area contributed by atoms with Crippen LogP contribution >= 0.6 is 0 Å². The van der Waals surface area contributed by atoms with Crippen molar-refractivity contribution in [3.8, 4) is 0 Å². The van der Waals surface area contributed by atoms with Gasteiger partial charge in [-0.3, -0.25) is 4.79 Å². The maximum atomic E-state index is 12.3. The van der Waals surface area contributed by atoms with Crippen molar-refractivity contribution < 1.29 is 0 Å². The fourth-order valence-electron chi connectivity index (χ4n) is 2.31. The van der Waals surface area contributed by atoms with Gasteiger partial charge in [0.2, 0.25) is 0 Å². The number of hydrogen-bond donors (Lipinski definition) is 1. The first-order valence-corrected chi connectivity index (χ1v) is 6.46. The molecule has 0 atom stereocenters. The minimum absolute atomic E-state index is 0.0638. The summed E-state index contributed by atoms with van der Waals surface area (Å²) in [7, 11) is 0. The third-order valence-electron chi connectivity index (χ3n) is 3.32. The number of nitrogens with two attached hydrogens (primary N) is 1. The zero-order valence-electron chi connectivity index (χ0n) is 11.2. The van der Waals surface area contributed by atoms with E-state index in [9.17, 15) is 4.79 Å². The van der Waals surface area contributed by atoms with Crippen LogP contribution in [0.5, 0.6) is 0 Å². The molecule has 1 aromatic heterocycles. The fourth-order valence-corrected chi connectivity index (χ4v) is 2.31. The van der Waals surface area contributed by atoms with Gasteiger partial charge in [0.1, 0.15) is 5.69 Å². The molecule has 0 unspecified atom stereocenters. The lowest BCUT2D eigenvalue weighted by Gasteiger charge is -2.11. The summed E-state index contributed by atoms with van der Waals surface area (Å²) >= 11 is 0. The van der Waals surface area contributed by atoms with Gasteiger partial charge in [0.25, 0.3) is 5.56 Å². The number of anilines is 1. The Labute approximate surface area is 116 Å². The van der Waals surface area contributed by atoms with Crippen LogP contribution in [0.4, 0.5) is 5.69 Å². The second-order valence-corrected chi connectivity index (χ2v) is 4.82. The Morgan fingerprint density at radius 3 is 2.65 bits per heavy atom. The highest BCUT2D eigenvalue weighted by molar-refractivity contribution is 5.78. The maximum absolute atomic E-state index is 12.3. The number of hydrogen-bond acceptors (Lipinski definition) is 3. The number of aryl methyl sites for hydroxylation is 1. The molecule has 2 aromatic carbocycles. The van der Waals surface area contributed by atoms with Gasteiger partial charge in [-0.2, -0.15) is 0 Å². The highest BCUT2D eigenvalue weighted by Crippen LogP contribution is 2.15. The summed E-state index contributed by atoms with van der Waals surface area (Å²) in [6.07, 6.45) is 0. The van der Waals surface area contributed by atoms with Crippen LogP contribution < -0.4 is 11.3 Å². The van der Waals surface area contributed by atoms with Gasteiger partial charge in [0.15, 0.2) is 0 Å². The Hall–Kier alpha value is -2.62. The summed E-state index contributed by atoms with van der Waals surface area (Å²) in [5, 5.41) is 0. The first-order chi connectivity index (χ1) is 9.65. The van der Waals surface area contributed by atoms with Crippen molar-refractivity contribution in [3.63, 3.8) is 0 Å². The molecule has 0 bridgehead atoms. The van der Waals surface area contributed by atoms with E-state index >= 15 is 0 Å². The van der Waals surface area contributed by atoms with Crippen LogP contribution in [0.15, 0.2) is 53.3 Å². The van der Waals surface area contributed by atoms with Crippen LogP contribution in [0.3, 0.4) is 0 Å². The molecule has 0 fully saturated rings. The first kappa shape index (κ1) is 12.4. The average Bonchev–Trinajstić information content (AvgIpc) is 2.45. The number of aromatic nitrogens is 2. The highest BCUT2D eigenvalue weighted by Gasteiger charge is 2.08. The Balaban J connectivity index is 2.23. The standard InChI is InChI=1S/C16H15N3O/c1-11-16(20)19(10-12-5-3-2-4-6-12)15-8-7-13(17)9-14(15)18-11/h2-9H,10,17H2,1H3. The van der Waals surface area contributed by atoms with Crippen molar-refractivity contribution in [3.05, 3.63) is 70.1 Å². The number of fused-ring (bicyclic) bond motifs is 1. The molecule has 1 heterocycles. The predicted molar refractivity (Wildman–Crippen MR) is 80.7 cm³/mol. The lowest BCUT2D eigenvalue weighted by atomic mass is 10.2. The zero-order chi connectivity index (χ0) is 14.1. The van der Waals surface area contributed by atoms with Gasteiger partial charge in [0.05, 0.1) is 17.6 Å². The number of nitrogens with zero attached hydrogens (tertiary/aromatic N) is 2. The summed E-state index contributed by atoms with van der Waals surface area (Å²) in [5.41, 5.74) is 9.49. The smallest absolute Gasteiger partial charge is 0.272 e. The molecule has 0 aliphatic heterocycles. The van der Waals surface area contributed by atoms with Crippen LogP contribution in [0, 0.1) is 6.92 Å². The van der Waals surface area contributed by atoms with Crippen molar-refractivity contribution in [2.24, 2.45) is 0 Å². The molecule has 0 aliphatic rings. The molecule has 0 saturated carbocycles. The van der Waals surface area contributed by atoms with Crippen molar-refractivity contribution in [2.45, 2.75) is 13.5 Å². The lowest BCUT2D eigenvalue weighted by molar-refractivity contribution is 0.776. The maximum Gasteiger partial charge on any atom is 0.272 e. The number of nitrogen functional groups attached to an aromatic ring is 1. The molecule has 0 spiro atoms. The van der Waals surface area contributed by atoms with Crippen LogP contribution in [0.1, 0.15) is 11.3 Å². The van der Waals surface area contributed by atoms with Crippen LogP contribution in [0.25, 0.3) is 11.0 Å². The van der Waals surface area contributed by atoms with Gasteiger partial charge in [0, 0.05) is 5.69 Å². The third kappa shape index (κ3) is 2.16. The van der Waals surface area contributed by atoms with E-state index in [0.29, 0.717) is 17.9 Å². The lowest BCUT2D eigenvalue weighted by Crippen LogP contribution is -2.24. The largest absolute Gasteiger partial charge is 0.399 e. The van der Waals surface area contributed by atoms with E-state index in [-0.39, 0.29) is 5.56 Å². The Morgan fingerprint density at radius 2 is 1.90 bits per heavy atom. The van der Waals surface area contributed by atoms with Crippen molar-refractivity contribution >= 4 is 16.7 Å². The molecule has 100 valence electrons. The Morgan fingerprint density at radius 1 is 1.15 bits per heavy atom. The molecule has 0 saturated heterocycles. The molecule has 3 aromatic rings. The highest BCUT2D eigenvalue weighted by atomic mass is 16.1. The first-order valence-electron chi connectivity index (χ1n) is 6.46. The van der Waals surface area contributed by atoms with Gasteiger partial charge in [-0.1, -0.05) is 30.3 Å². The van der Waals surface area contributed by atoms with E-state index in [1.54, 1.807) is 23.6 Å². The van der Waals surface area contributed by atoms with E-state index in [2.05, 4.69) is 4.98 Å². The van der Waals surface area contributed by atoms with Gasteiger partial charge in [-0.05, 0) is 30.7 Å². The normalized spacial score (nSPS) is 10.8. The van der Waals surface area contributed by atoms with E-state index < -0.39 is 0 Å². The number of benzene rings is 2. The van der Waals surface area contributed by atoms with Crippen LogP contribution in [-0.4, -0.2) is 9.55 Å². The summed E-state index contributed by atoms with van der Waals surface area (Å²) < 4.78 is 1.74. The second kappa shape index (κ2) is 4.81. The monoisotopic (exact) mass is 265 g/mol. The predicted octanol–water partition coefficient (Wildman–Crippen LogP) is 2.34. The average molecular weight is 265 g/mol.